The Morgan fingerprint density at radius 2 is 2.33 bits per heavy atom. The summed E-state index contributed by atoms with van der Waals surface area (Å²) in [5, 5.41) is 6.21. The Kier molecular flexibility index (Phi) is 4.14. The van der Waals surface area contributed by atoms with E-state index >= 15 is 0 Å². The summed E-state index contributed by atoms with van der Waals surface area (Å²) in [4.78, 5) is 19.1. The zero-order chi connectivity index (χ0) is 16.5. The molecule has 2 aliphatic rings. The molecule has 2 aromatic rings. The molecule has 1 atom stereocenters. The molecule has 1 aliphatic heterocycles. The summed E-state index contributed by atoms with van der Waals surface area (Å²) >= 11 is 1.62. The summed E-state index contributed by atoms with van der Waals surface area (Å²) < 4.78 is 5.44. The molecule has 5 nitrogen and oxygen atoms in total. The van der Waals surface area contributed by atoms with Crippen LogP contribution in [-0.4, -0.2) is 29.6 Å². The highest BCUT2D eigenvalue weighted by Crippen LogP contribution is 2.41. The summed E-state index contributed by atoms with van der Waals surface area (Å²) in [6.45, 7) is 1.35. The van der Waals surface area contributed by atoms with E-state index in [0.29, 0.717) is 19.0 Å². The molecule has 0 radical (unpaired) electrons. The van der Waals surface area contributed by atoms with Crippen LogP contribution in [0, 0.1) is 5.92 Å². The van der Waals surface area contributed by atoms with E-state index in [1.165, 1.54) is 24.0 Å². The Hall–Kier alpha value is -2.08. The number of urea groups is 1. The largest absolute Gasteiger partial charge is 0.496 e. The summed E-state index contributed by atoms with van der Waals surface area (Å²) in [5.74, 6) is 1.46. The Balaban J connectivity index is 1.47. The number of aromatic nitrogens is 1. The van der Waals surface area contributed by atoms with Gasteiger partial charge in [-0.3, -0.25) is 0 Å². The monoisotopic (exact) mass is 343 g/mol. The number of methoxy groups -OCH3 is 1. The van der Waals surface area contributed by atoms with Crippen LogP contribution in [-0.2, 0) is 13.0 Å². The maximum absolute atomic E-state index is 12.8. The average molecular weight is 343 g/mol. The van der Waals surface area contributed by atoms with Crippen molar-refractivity contribution >= 4 is 17.4 Å². The van der Waals surface area contributed by atoms with E-state index in [2.05, 4.69) is 16.4 Å². The fourth-order valence-electron chi connectivity index (χ4n) is 3.36. The minimum atomic E-state index is 0.00979. The van der Waals surface area contributed by atoms with Gasteiger partial charge >= 0.3 is 6.03 Å². The zero-order valence-corrected chi connectivity index (χ0v) is 14.5. The molecule has 0 bridgehead atoms. The van der Waals surface area contributed by atoms with E-state index in [-0.39, 0.29) is 12.1 Å². The number of thiazole rings is 1. The molecule has 24 heavy (non-hydrogen) atoms. The van der Waals surface area contributed by atoms with Crippen LogP contribution in [0.1, 0.15) is 35.0 Å². The molecule has 1 aromatic carbocycles. The van der Waals surface area contributed by atoms with Crippen LogP contribution in [0.3, 0.4) is 0 Å². The van der Waals surface area contributed by atoms with Gasteiger partial charge in [-0.05, 0) is 36.8 Å². The van der Waals surface area contributed by atoms with Crippen LogP contribution in [0.5, 0.6) is 5.75 Å². The number of carbonyl (C=O) groups is 1. The molecule has 1 unspecified atom stereocenters. The number of ether oxygens (including phenoxy) is 1. The van der Waals surface area contributed by atoms with Crippen molar-refractivity contribution in [3.63, 3.8) is 0 Å². The molecule has 1 N–H and O–H groups in total. The Morgan fingerprint density at radius 3 is 3.04 bits per heavy atom. The van der Waals surface area contributed by atoms with Gasteiger partial charge in [0.1, 0.15) is 10.8 Å². The van der Waals surface area contributed by atoms with Crippen molar-refractivity contribution in [1.82, 2.24) is 15.2 Å². The fraction of sp³-hybridized carbons (Fsp3) is 0.444. The van der Waals surface area contributed by atoms with Gasteiger partial charge < -0.3 is 15.0 Å². The van der Waals surface area contributed by atoms with Crippen molar-refractivity contribution in [1.29, 1.82) is 0 Å². The lowest BCUT2D eigenvalue weighted by Crippen LogP contribution is -2.44. The summed E-state index contributed by atoms with van der Waals surface area (Å²) in [6, 6.07) is 6.12. The molecular weight excluding hydrogens is 322 g/mol. The van der Waals surface area contributed by atoms with Crippen molar-refractivity contribution in [3.05, 3.63) is 45.9 Å². The first-order valence-electron chi connectivity index (χ1n) is 8.36. The highest BCUT2D eigenvalue weighted by Gasteiger charge is 2.36. The maximum Gasteiger partial charge on any atom is 0.318 e. The first-order valence-corrected chi connectivity index (χ1v) is 9.24. The van der Waals surface area contributed by atoms with E-state index in [9.17, 15) is 4.79 Å². The van der Waals surface area contributed by atoms with E-state index in [0.717, 1.165) is 17.2 Å². The smallest absolute Gasteiger partial charge is 0.318 e. The molecule has 1 saturated carbocycles. The molecule has 0 saturated heterocycles. The predicted octanol–water partition coefficient (Wildman–Crippen LogP) is 3.37. The van der Waals surface area contributed by atoms with Gasteiger partial charge in [0.25, 0.3) is 0 Å². The van der Waals surface area contributed by atoms with Crippen molar-refractivity contribution in [2.45, 2.75) is 31.8 Å². The average Bonchev–Trinajstić information content (AvgIpc) is 3.32. The number of carbonyl (C=O) groups excluding carboxylic acids is 1. The molecular formula is C18H21N3O2S. The van der Waals surface area contributed by atoms with Gasteiger partial charge in [-0.1, -0.05) is 12.1 Å². The third-order valence-corrected chi connectivity index (χ3v) is 5.68. The maximum atomic E-state index is 12.8. The third-order valence-electron chi connectivity index (χ3n) is 4.82. The topological polar surface area (TPSA) is 54.5 Å². The van der Waals surface area contributed by atoms with Gasteiger partial charge in [0.15, 0.2) is 0 Å². The van der Waals surface area contributed by atoms with Crippen molar-refractivity contribution < 1.29 is 9.53 Å². The normalized spacial score (nSPS) is 18.0. The van der Waals surface area contributed by atoms with Gasteiger partial charge in [0.2, 0.25) is 0 Å². The number of nitrogens with one attached hydrogen (secondary N) is 1. The van der Waals surface area contributed by atoms with Crippen LogP contribution in [0.4, 0.5) is 4.79 Å². The van der Waals surface area contributed by atoms with Gasteiger partial charge in [-0.25, -0.2) is 9.78 Å². The van der Waals surface area contributed by atoms with Crippen LogP contribution < -0.4 is 10.1 Å². The number of hydrogen-bond donors (Lipinski definition) is 1. The molecule has 2 amide bonds. The van der Waals surface area contributed by atoms with Gasteiger partial charge in [0.05, 0.1) is 13.2 Å². The van der Waals surface area contributed by atoms with E-state index in [1.807, 2.05) is 28.6 Å². The van der Waals surface area contributed by atoms with Gasteiger partial charge in [-0.15, -0.1) is 11.3 Å². The highest BCUT2D eigenvalue weighted by atomic mass is 32.1. The number of amides is 2. The Bertz CT molecular complexity index is 728. The highest BCUT2D eigenvalue weighted by molar-refractivity contribution is 7.09. The number of hydrogen-bond acceptors (Lipinski definition) is 4. The van der Waals surface area contributed by atoms with Crippen LogP contribution in [0.15, 0.2) is 29.8 Å². The molecule has 1 aliphatic carbocycles. The molecule has 1 fully saturated rings. The molecule has 0 spiro atoms. The minimum Gasteiger partial charge on any atom is -0.496 e. The van der Waals surface area contributed by atoms with Crippen molar-refractivity contribution in [3.8, 4) is 5.75 Å². The first kappa shape index (κ1) is 15.4. The quantitative estimate of drug-likeness (QED) is 0.926. The van der Waals surface area contributed by atoms with Crippen molar-refractivity contribution in [2.75, 3.05) is 13.7 Å². The van der Waals surface area contributed by atoms with Crippen LogP contribution in [0.25, 0.3) is 0 Å². The SMILES string of the molecule is COc1cccc2c1CCN(C(=O)NC(c1nccs1)C1CC1)C2. The van der Waals surface area contributed by atoms with Crippen LogP contribution in [0.2, 0.25) is 0 Å². The second-order valence-electron chi connectivity index (χ2n) is 6.40. The fourth-order valence-corrected chi connectivity index (χ4v) is 4.14. The van der Waals surface area contributed by atoms with Gasteiger partial charge in [0, 0.05) is 30.2 Å². The van der Waals surface area contributed by atoms with E-state index in [1.54, 1.807) is 18.4 Å². The van der Waals surface area contributed by atoms with E-state index in [4.69, 9.17) is 4.74 Å². The first-order chi connectivity index (χ1) is 11.8. The summed E-state index contributed by atoms with van der Waals surface area (Å²) in [7, 11) is 1.70. The number of rotatable bonds is 4. The molecule has 4 rings (SSSR count). The lowest BCUT2D eigenvalue weighted by atomic mass is 9.99. The number of nitrogens with zero attached hydrogens (tertiary/aromatic N) is 2. The summed E-state index contributed by atoms with van der Waals surface area (Å²) in [5.41, 5.74) is 2.40. The third kappa shape index (κ3) is 2.98. The van der Waals surface area contributed by atoms with Gasteiger partial charge in [-0.2, -0.15) is 0 Å². The Labute approximate surface area is 145 Å². The van der Waals surface area contributed by atoms with Crippen molar-refractivity contribution in [2.24, 2.45) is 5.92 Å². The van der Waals surface area contributed by atoms with E-state index < -0.39 is 0 Å². The Morgan fingerprint density at radius 1 is 1.46 bits per heavy atom. The second kappa shape index (κ2) is 6.43. The lowest BCUT2D eigenvalue weighted by molar-refractivity contribution is 0.186. The lowest BCUT2D eigenvalue weighted by Gasteiger charge is -2.31. The molecule has 6 heteroatoms. The molecule has 2 heterocycles. The van der Waals surface area contributed by atoms with Crippen LogP contribution >= 0.6 is 11.3 Å². The zero-order valence-electron chi connectivity index (χ0n) is 13.7. The predicted molar refractivity (Wildman–Crippen MR) is 93.2 cm³/mol. The molecule has 126 valence electrons. The molecule has 1 aromatic heterocycles. The standard InChI is InChI=1S/C18H21N3O2S/c1-23-15-4-2-3-13-11-21(9-7-14(13)15)18(22)20-16(12-5-6-12)17-19-8-10-24-17/h2-4,8,10,12,16H,5-7,9,11H2,1H3,(H,20,22). The second-order valence-corrected chi connectivity index (χ2v) is 7.33. The number of benzene rings is 1. The minimum absolute atomic E-state index is 0.00979. The number of fused-ring (bicyclic) bond motifs is 1. The summed E-state index contributed by atoms with van der Waals surface area (Å²) in [6.07, 6.45) is 4.98.